The van der Waals surface area contributed by atoms with Crippen molar-refractivity contribution in [2.75, 3.05) is 14.2 Å². The number of hydrogen-bond acceptors (Lipinski definition) is 6. The van der Waals surface area contributed by atoms with Crippen LogP contribution in [0.5, 0.6) is 11.5 Å². The van der Waals surface area contributed by atoms with Gasteiger partial charge in [-0.05, 0) is 34.9 Å². The first-order chi connectivity index (χ1) is 14.5. The van der Waals surface area contributed by atoms with E-state index in [0.29, 0.717) is 17.1 Å². The molecule has 0 spiro atoms. The van der Waals surface area contributed by atoms with Gasteiger partial charge in [-0.25, -0.2) is 0 Å². The van der Waals surface area contributed by atoms with E-state index in [1.54, 1.807) is 29.3 Å². The number of amides is 1. The van der Waals surface area contributed by atoms with Crippen LogP contribution < -0.4 is 15.2 Å². The van der Waals surface area contributed by atoms with Gasteiger partial charge in [0.25, 0.3) is 0 Å². The van der Waals surface area contributed by atoms with Crippen LogP contribution in [0.25, 0.3) is 6.08 Å². The van der Waals surface area contributed by atoms with Gasteiger partial charge >= 0.3 is 0 Å². The fourth-order valence-electron chi connectivity index (χ4n) is 4.74. The summed E-state index contributed by atoms with van der Waals surface area (Å²) < 4.78 is 10.7. The highest BCUT2D eigenvalue weighted by Gasteiger charge is 2.63. The number of methoxy groups -OCH3 is 2. The minimum absolute atomic E-state index is 0.448. The highest BCUT2D eigenvalue weighted by atomic mass is 16.5. The second-order valence-electron chi connectivity index (χ2n) is 7.33. The van der Waals surface area contributed by atoms with Crippen molar-refractivity contribution in [3.05, 3.63) is 65.4 Å². The molecule has 2 aromatic rings. The molecule has 7 nitrogen and oxygen atoms in total. The Labute approximate surface area is 174 Å². The van der Waals surface area contributed by atoms with Crippen molar-refractivity contribution in [2.45, 2.75) is 18.0 Å². The minimum atomic E-state index is -1.54. The van der Waals surface area contributed by atoms with Gasteiger partial charge in [0.05, 0.1) is 32.4 Å². The van der Waals surface area contributed by atoms with Gasteiger partial charge in [0.2, 0.25) is 5.91 Å². The van der Waals surface area contributed by atoms with Gasteiger partial charge in [0.15, 0.2) is 16.9 Å². The zero-order valence-corrected chi connectivity index (χ0v) is 16.6. The lowest BCUT2D eigenvalue weighted by Crippen LogP contribution is -2.41. The highest BCUT2D eigenvalue weighted by molar-refractivity contribution is 5.84. The number of nitrogens with zero attached hydrogens (tertiary/aromatic N) is 3. The molecule has 1 fully saturated rings. The van der Waals surface area contributed by atoms with Gasteiger partial charge < -0.3 is 20.1 Å². The number of nitriles is 2. The number of nitrogens with two attached hydrogens (primary N) is 1. The molecule has 0 saturated carbocycles. The zero-order valence-electron chi connectivity index (χ0n) is 16.6. The Morgan fingerprint density at radius 2 is 1.80 bits per heavy atom. The molecule has 2 N–H and O–H groups in total. The maximum absolute atomic E-state index is 12.6. The molecule has 0 radical (unpaired) electrons. The molecule has 2 aliphatic rings. The number of hydrogen-bond donors (Lipinski definition) is 1. The molecule has 1 saturated heterocycles. The van der Waals surface area contributed by atoms with E-state index >= 15 is 0 Å². The predicted molar refractivity (Wildman–Crippen MR) is 109 cm³/mol. The van der Waals surface area contributed by atoms with Crippen LogP contribution in [0.1, 0.15) is 28.7 Å². The van der Waals surface area contributed by atoms with Crippen LogP contribution in [0.4, 0.5) is 0 Å². The van der Waals surface area contributed by atoms with Gasteiger partial charge in [0.1, 0.15) is 6.04 Å². The molecule has 3 atom stereocenters. The SMILES string of the molecule is COc1ccc([C@H]2[C@@H](C(N)=O)N3C=Cc4ccccc4[C@@H]3C2(C#N)C#N)cc1OC. The molecule has 30 heavy (non-hydrogen) atoms. The summed E-state index contributed by atoms with van der Waals surface area (Å²) in [4.78, 5) is 14.4. The first-order valence-electron chi connectivity index (χ1n) is 9.40. The Bertz CT molecular complexity index is 1110. The van der Waals surface area contributed by atoms with Crippen molar-refractivity contribution in [3.8, 4) is 23.6 Å². The number of carbonyl (C=O) groups excluding carboxylic acids is 1. The maximum atomic E-state index is 12.6. The quantitative estimate of drug-likeness (QED) is 0.844. The Morgan fingerprint density at radius 1 is 1.10 bits per heavy atom. The van der Waals surface area contributed by atoms with Crippen molar-refractivity contribution in [2.24, 2.45) is 11.1 Å². The molecule has 0 unspecified atom stereocenters. The lowest BCUT2D eigenvalue weighted by atomic mass is 9.68. The lowest BCUT2D eigenvalue weighted by Gasteiger charge is -2.34. The third-order valence-electron chi connectivity index (χ3n) is 6.00. The fourth-order valence-corrected chi connectivity index (χ4v) is 4.74. The number of rotatable bonds is 4. The number of benzene rings is 2. The summed E-state index contributed by atoms with van der Waals surface area (Å²) in [7, 11) is 3.03. The van der Waals surface area contributed by atoms with Crippen LogP contribution in [-0.4, -0.2) is 31.1 Å². The normalized spacial score (nSPS) is 22.9. The molecule has 2 aliphatic heterocycles. The Kier molecular flexibility index (Phi) is 4.60. The molecule has 2 aromatic carbocycles. The summed E-state index contributed by atoms with van der Waals surface area (Å²) in [5.74, 6) is -0.428. The summed E-state index contributed by atoms with van der Waals surface area (Å²) in [6.07, 6.45) is 3.63. The maximum Gasteiger partial charge on any atom is 0.240 e. The second-order valence-corrected chi connectivity index (χ2v) is 7.33. The lowest BCUT2D eigenvalue weighted by molar-refractivity contribution is -0.122. The summed E-state index contributed by atoms with van der Waals surface area (Å²) in [6, 6.07) is 15.7. The van der Waals surface area contributed by atoms with Crippen LogP contribution in [0.2, 0.25) is 0 Å². The average molecular weight is 400 g/mol. The molecule has 0 bridgehead atoms. The van der Waals surface area contributed by atoms with Gasteiger partial charge in [-0.3, -0.25) is 4.79 Å². The van der Waals surface area contributed by atoms with Gasteiger partial charge in [0, 0.05) is 12.1 Å². The molecule has 150 valence electrons. The number of primary amides is 1. The van der Waals surface area contributed by atoms with E-state index < -0.39 is 29.3 Å². The van der Waals surface area contributed by atoms with E-state index in [9.17, 15) is 15.3 Å². The summed E-state index contributed by atoms with van der Waals surface area (Å²) >= 11 is 0. The predicted octanol–water partition coefficient (Wildman–Crippen LogP) is 2.72. The molecule has 1 amide bonds. The average Bonchev–Trinajstić information content (AvgIpc) is 3.09. The highest BCUT2D eigenvalue weighted by Crippen LogP contribution is 2.59. The van der Waals surface area contributed by atoms with E-state index in [1.807, 2.05) is 30.3 Å². The molecule has 7 heteroatoms. The molecular formula is C23H20N4O3. The number of carbonyl (C=O) groups is 1. The number of ether oxygens (including phenoxy) is 2. The summed E-state index contributed by atoms with van der Waals surface area (Å²) in [5, 5.41) is 20.6. The number of fused-ring (bicyclic) bond motifs is 3. The van der Waals surface area contributed by atoms with Crippen molar-refractivity contribution >= 4 is 12.0 Å². The van der Waals surface area contributed by atoms with Crippen molar-refractivity contribution < 1.29 is 14.3 Å². The van der Waals surface area contributed by atoms with E-state index in [4.69, 9.17) is 15.2 Å². The summed E-state index contributed by atoms with van der Waals surface area (Å²) in [5.41, 5.74) is 6.61. The largest absolute Gasteiger partial charge is 0.493 e. The molecule has 0 aliphatic carbocycles. The van der Waals surface area contributed by atoms with Crippen LogP contribution >= 0.6 is 0 Å². The van der Waals surface area contributed by atoms with Gasteiger partial charge in [-0.2, -0.15) is 10.5 Å². The third kappa shape index (κ3) is 2.53. The van der Waals surface area contributed by atoms with Crippen LogP contribution in [0, 0.1) is 28.1 Å². The standard InChI is InChI=1S/C23H20N4O3/c1-29-17-8-7-15(11-18(17)30-2)19-20(22(26)28)27-10-9-14-5-3-4-6-16(14)21(27)23(19,12-24)13-25/h3-11,19-21H,1-2H3,(H2,26,28)/t19-,20-,21+/m0/s1. The van der Waals surface area contributed by atoms with E-state index in [1.165, 1.54) is 14.2 Å². The molecule has 0 aromatic heterocycles. The minimum Gasteiger partial charge on any atom is -0.493 e. The van der Waals surface area contributed by atoms with E-state index in [2.05, 4.69) is 12.1 Å². The van der Waals surface area contributed by atoms with E-state index in [-0.39, 0.29) is 0 Å². The molecular weight excluding hydrogens is 380 g/mol. The zero-order chi connectivity index (χ0) is 21.5. The van der Waals surface area contributed by atoms with Crippen LogP contribution in [-0.2, 0) is 4.79 Å². The Balaban J connectivity index is 1.98. The third-order valence-corrected chi connectivity index (χ3v) is 6.00. The molecule has 2 heterocycles. The van der Waals surface area contributed by atoms with Gasteiger partial charge in [-0.15, -0.1) is 0 Å². The van der Waals surface area contributed by atoms with E-state index in [0.717, 1.165) is 11.1 Å². The van der Waals surface area contributed by atoms with Crippen molar-refractivity contribution in [3.63, 3.8) is 0 Å². The summed E-state index contributed by atoms with van der Waals surface area (Å²) in [6.45, 7) is 0. The Hall–Kier alpha value is -3.97. The first kappa shape index (κ1) is 19.4. The fraction of sp³-hybridized carbons (Fsp3) is 0.261. The monoisotopic (exact) mass is 400 g/mol. The first-order valence-corrected chi connectivity index (χ1v) is 9.40. The van der Waals surface area contributed by atoms with Crippen molar-refractivity contribution in [1.29, 1.82) is 10.5 Å². The Morgan fingerprint density at radius 3 is 2.43 bits per heavy atom. The van der Waals surface area contributed by atoms with Crippen molar-refractivity contribution in [1.82, 2.24) is 4.90 Å². The second kappa shape index (κ2) is 7.13. The molecule has 4 rings (SSSR count). The van der Waals surface area contributed by atoms with Gasteiger partial charge in [-0.1, -0.05) is 30.3 Å². The van der Waals surface area contributed by atoms with Crippen LogP contribution in [0.15, 0.2) is 48.7 Å². The smallest absolute Gasteiger partial charge is 0.240 e. The van der Waals surface area contributed by atoms with Crippen LogP contribution in [0.3, 0.4) is 0 Å². The topological polar surface area (TPSA) is 112 Å².